The van der Waals surface area contributed by atoms with Gasteiger partial charge in [0.15, 0.2) is 5.70 Å². The molecule has 0 bridgehead atoms. The predicted octanol–water partition coefficient (Wildman–Crippen LogP) is 0.446. The molecule has 0 aromatic carbocycles. The molecule has 0 aromatic rings. The summed E-state index contributed by atoms with van der Waals surface area (Å²) in [5.74, 6) is -0.435. The third-order valence-electron chi connectivity index (χ3n) is 1.20. The van der Waals surface area contributed by atoms with E-state index in [1.54, 1.807) is 6.20 Å². The van der Waals surface area contributed by atoms with Crippen molar-refractivity contribution in [2.24, 2.45) is 5.73 Å². The van der Waals surface area contributed by atoms with Crippen LogP contribution in [0.15, 0.2) is 11.9 Å². The van der Waals surface area contributed by atoms with Crippen molar-refractivity contribution in [3.63, 3.8) is 0 Å². The van der Waals surface area contributed by atoms with Crippen LogP contribution in [0.25, 0.3) is 0 Å². The lowest BCUT2D eigenvalue weighted by atomic mass is 10.4. The molecular weight excluding hydrogens is 168 g/mol. The van der Waals surface area contributed by atoms with Crippen LogP contribution in [0.1, 0.15) is 13.3 Å². The lowest BCUT2D eigenvalue weighted by Gasteiger charge is -2.18. The van der Waals surface area contributed by atoms with E-state index >= 15 is 0 Å². The van der Waals surface area contributed by atoms with Gasteiger partial charge in [0.05, 0.1) is 27.7 Å². The molecule has 0 aliphatic heterocycles. The van der Waals surface area contributed by atoms with Crippen LogP contribution >= 0.6 is 0 Å². The number of nitrogens with two attached hydrogens (primary N) is 1. The summed E-state index contributed by atoms with van der Waals surface area (Å²) in [7, 11) is 5.75. The zero-order valence-corrected chi connectivity index (χ0v) is 8.83. The molecule has 0 saturated heterocycles. The molecule has 0 aliphatic carbocycles. The number of carbonyl (C=O) groups is 1. The Morgan fingerprint density at radius 1 is 1.46 bits per heavy atom. The van der Waals surface area contributed by atoms with Crippen LogP contribution in [0.2, 0.25) is 0 Å². The van der Waals surface area contributed by atoms with Crippen LogP contribution in [0.5, 0.6) is 0 Å². The molecule has 0 radical (unpaired) electrons. The summed E-state index contributed by atoms with van der Waals surface area (Å²) in [6.07, 6.45) is 2.46. The third-order valence-corrected chi connectivity index (χ3v) is 1.20. The SMILES string of the molecule is CCCOC(=O)C(N)=C[N+](C)(C)C. The summed E-state index contributed by atoms with van der Waals surface area (Å²) in [6.45, 7) is 2.36. The van der Waals surface area contributed by atoms with E-state index in [2.05, 4.69) is 0 Å². The highest BCUT2D eigenvalue weighted by Crippen LogP contribution is 1.98. The molecule has 0 unspecified atom stereocenters. The molecule has 0 fully saturated rings. The van der Waals surface area contributed by atoms with Gasteiger partial charge in [-0.15, -0.1) is 0 Å². The predicted molar refractivity (Wildman–Crippen MR) is 51.6 cm³/mol. The summed E-state index contributed by atoms with van der Waals surface area (Å²) in [4.78, 5) is 11.2. The maximum absolute atomic E-state index is 11.2. The van der Waals surface area contributed by atoms with E-state index in [-0.39, 0.29) is 5.70 Å². The van der Waals surface area contributed by atoms with Crippen molar-refractivity contribution in [1.82, 2.24) is 0 Å². The van der Waals surface area contributed by atoms with E-state index in [9.17, 15) is 4.79 Å². The van der Waals surface area contributed by atoms with E-state index < -0.39 is 5.97 Å². The third kappa shape index (κ3) is 6.16. The smallest absolute Gasteiger partial charge is 0.359 e. The monoisotopic (exact) mass is 187 g/mol. The number of rotatable bonds is 4. The highest BCUT2D eigenvalue weighted by Gasteiger charge is 2.12. The van der Waals surface area contributed by atoms with Gasteiger partial charge in [-0.25, -0.2) is 4.79 Å². The van der Waals surface area contributed by atoms with Gasteiger partial charge < -0.3 is 15.0 Å². The Balaban J connectivity index is 4.17. The second-order valence-corrected chi connectivity index (χ2v) is 3.84. The number of quaternary nitrogens is 1. The number of ether oxygens (including phenoxy) is 1. The minimum Gasteiger partial charge on any atom is -0.461 e. The average molecular weight is 187 g/mol. The van der Waals surface area contributed by atoms with Crippen LogP contribution in [0.3, 0.4) is 0 Å². The van der Waals surface area contributed by atoms with Crippen molar-refractivity contribution < 1.29 is 14.0 Å². The molecule has 0 amide bonds. The summed E-state index contributed by atoms with van der Waals surface area (Å²) in [6, 6.07) is 0. The fourth-order valence-corrected chi connectivity index (χ4v) is 0.748. The van der Waals surface area contributed by atoms with Gasteiger partial charge in [0.25, 0.3) is 0 Å². The topological polar surface area (TPSA) is 52.3 Å². The Morgan fingerprint density at radius 2 is 2.00 bits per heavy atom. The molecule has 0 rings (SSSR count). The number of nitrogens with zero attached hydrogens (tertiary/aromatic N) is 1. The van der Waals surface area contributed by atoms with Gasteiger partial charge >= 0.3 is 5.97 Å². The number of hydrogen-bond acceptors (Lipinski definition) is 3. The zero-order chi connectivity index (χ0) is 10.5. The molecule has 0 spiro atoms. The van der Waals surface area contributed by atoms with E-state index in [1.165, 1.54) is 0 Å². The Kier molecular flexibility index (Phi) is 4.48. The van der Waals surface area contributed by atoms with Gasteiger partial charge in [0, 0.05) is 0 Å². The molecule has 76 valence electrons. The van der Waals surface area contributed by atoms with Crippen molar-refractivity contribution in [3.8, 4) is 0 Å². The number of hydrogen-bond donors (Lipinski definition) is 1. The molecule has 0 aliphatic rings. The Labute approximate surface area is 79.6 Å². The first kappa shape index (κ1) is 12.0. The normalized spacial score (nSPS) is 12.8. The van der Waals surface area contributed by atoms with E-state index in [1.807, 2.05) is 28.1 Å². The van der Waals surface area contributed by atoms with Gasteiger partial charge in [-0.2, -0.15) is 0 Å². The average Bonchev–Trinajstić information content (AvgIpc) is 1.96. The molecule has 4 nitrogen and oxygen atoms in total. The van der Waals surface area contributed by atoms with Crippen molar-refractivity contribution >= 4 is 5.97 Å². The van der Waals surface area contributed by atoms with E-state index in [4.69, 9.17) is 10.5 Å². The van der Waals surface area contributed by atoms with Crippen LogP contribution < -0.4 is 5.73 Å². The van der Waals surface area contributed by atoms with Gasteiger partial charge in [-0.05, 0) is 6.42 Å². The molecule has 0 atom stereocenters. The van der Waals surface area contributed by atoms with Crippen LogP contribution in [-0.4, -0.2) is 38.2 Å². The molecule has 2 N–H and O–H groups in total. The maximum Gasteiger partial charge on any atom is 0.359 e. The minimum atomic E-state index is -0.435. The standard InChI is InChI=1S/C9H19N2O2/c1-5-6-13-9(12)8(10)7-11(2,3)4/h7H,5-6,10H2,1-4H3/q+1. The van der Waals surface area contributed by atoms with E-state index in [0.29, 0.717) is 11.1 Å². The first-order valence-corrected chi connectivity index (χ1v) is 4.33. The highest BCUT2D eigenvalue weighted by atomic mass is 16.5. The Hall–Kier alpha value is -1.03. The molecule has 0 saturated carbocycles. The second kappa shape index (κ2) is 4.87. The van der Waals surface area contributed by atoms with Crippen molar-refractivity contribution in [2.45, 2.75) is 13.3 Å². The van der Waals surface area contributed by atoms with E-state index in [0.717, 1.165) is 6.42 Å². The van der Waals surface area contributed by atoms with Gasteiger partial charge in [-0.1, -0.05) is 6.92 Å². The Morgan fingerprint density at radius 3 is 2.38 bits per heavy atom. The minimum absolute atomic E-state index is 0.168. The van der Waals surface area contributed by atoms with Gasteiger partial charge in [-0.3, -0.25) is 0 Å². The number of carbonyl (C=O) groups excluding carboxylic acids is 1. The second-order valence-electron chi connectivity index (χ2n) is 3.84. The first-order valence-electron chi connectivity index (χ1n) is 4.33. The highest BCUT2D eigenvalue weighted by molar-refractivity contribution is 5.86. The lowest BCUT2D eigenvalue weighted by Crippen LogP contribution is -2.30. The number of esters is 1. The molecule has 0 heterocycles. The fraction of sp³-hybridized carbons (Fsp3) is 0.667. The van der Waals surface area contributed by atoms with Crippen molar-refractivity contribution in [1.29, 1.82) is 0 Å². The van der Waals surface area contributed by atoms with Gasteiger partial charge in [0.2, 0.25) is 0 Å². The first-order chi connectivity index (χ1) is 5.87. The maximum atomic E-state index is 11.2. The molecule has 13 heavy (non-hydrogen) atoms. The molecule has 0 aromatic heterocycles. The summed E-state index contributed by atoms with van der Waals surface area (Å²) < 4.78 is 5.36. The largest absolute Gasteiger partial charge is 0.461 e. The van der Waals surface area contributed by atoms with Crippen LogP contribution in [0.4, 0.5) is 0 Å². The fourth-order valence-electron chi connectivity index (χ4n) is 0.748. The molecule has 4 heteroatoms. The van der Waals surface area contributed by atoms with Gasteiger partial charge in [0.1, 0.15) is 6.20 Å². The molecular formula is C9H19N2O2+. The van der Waals surface area contributed by atoms with Crippen molar-refractivity contribution in [3.05, 3.63) is 11.9 Å². The summed E-state index contributed by atoms with van der Waals surface area (Å²) in [5, 5.41) is 0. The summed E-state index contributed by atoms with van der Waals surface area (Å²) >= 11 is 0. The Bertz CT molecular complexity index is 204. The quantitative estimate of drug-likeness (QED) is 0.395. The lowest BCUT2D eigenvalue weighted by molar-refractivity contribution is -0.817. The van der Waals surface area contributed by atoms with Crippen LogP contribution in [-0.2, 0) is 9.53 Å². The van der Waals surface area contributed by atoms with Crippen LogP contribution in [0, 0.1) is 0 Å². The summed E-state index contributed by atoms with van der Waals surface area (Å²) in [5.41, 5.74) is 5.68. The zero-order valence-electron chi connectivity index (χ0n) is 8.83. The van der Waals surface area contributed by atoms with Crippen molar-refractivity contribution in [2.75, 3.05) is 27.7 Å².